The van der Waals surface area contributed by atoms with E-state index in [9.17, 15) is 23.3 Å². The Labute approximate surface area is 86.6 Å². The van der Waals surface area contributed by atoms with Crippen LogP contribution in [0.3, 0.4) is 0 Å². The van der Waals surface area contributed by atoms with Gasteiger partial charge >= 0.3 is 6.18 Å². The first-order valence-electron chi connectivity index (χ1n) is 3.54. The number of hydrogen-bond donors (Lipinski definition) is 1. The Morgan fingerprint density at radius 3 is 2.33 bits per heavy atom. The number of nitro benzene ring substituents is 1. The minimum atomic E-state index is -4.77. The Morgan fingerprint density at radius 2 is 1.93 bits per heavy atom. The Bertz CT molecular complexity index is 419. The van der Waals surface area contributed by atoms with Gasteiger partial charge in [0.2, 0.25) is 0 Å². The van der Waals surface area contributed by atoms with Gasteiger partial charge in [0.1, 0.15) is 0 Å². The normalized spacial score (nSPS) is 11.5. The maximum Gasteiger partial charge on any atom is 0.418 e. The zero-order valence-corrected chi connectivity index (χ0v) is 7.76. The third kappa shape index (κ3) is 2.30. The fraction of sp³-hybridized carbons (Fsp3) is 0.143. The van der Waals surface area contributed by atoms with Crippen LogP contribution in [-0.2, 0) is 6.18 Å². The molecule has 2 N–H and O–H groups in total. The van der Waals surface area contributed by atoms with Crippen molar-refractivity contribution in [1.82, 2.24) is 0 Å². The lowest BCUT2D eigenvalue weighted by molar-refractivity contribution is -0.385. The van der Waals surface area contributed by atoms with E-state index in [0.29, 0.717) is 6.07 Å². The van der Waals surface area contributed by atoms with Gasteiger partial charge in [-0.3, -0.25) is 10.1 Å². The summed E-state index contributed by atoms with van der Waals surface area (Å²) in [7, 11) is 0. The van der Waals surface area contributed by atoms with Gasteiger partial charge in [-0.05, 0) is 0 Å². The van der Waals surface area contributed by atoms with E-state index in [-0.39, 0.29) is 0 Å². The van der Waals surface area contributed by atoms with Gasteiger partial charge in [-0.1, -0.05) is 11.6 Å². The Kier molecular flexibility index (Phi) is 2.76. The number of benzene rings is 1. The zero-order valence-electron chi connectivity index (χ0n) is 7.01. The van der Waals surface area contributed by atoms with Crippen LogP contribution < -0.4 is 5.73 Å². The molecule has 0 heterocycles. The number of nitro groups is 1. The first kappa shape index (κ1) is 11.6. The number of hydrogen-bond acceptors (Lipinski definition) is 3. The SMILES string of the molecule is Nc1cc([N+](=O)[O-])cc(C(F)(F)F)c1Cl. The van der Waals surface area contributed by atoms with Crippen LogP contribution in [0.4, 0.5) is 24.5 Å². The molecular formula is C7H4ClF3N2O2. The number of anilines is 1. The molecule has 0 aliphatic rings. The van der Waals surface area contributed by atoms with Crippen LogP contribution in [0.5, 0.6) is 0 Å². The maximum atomic E-state index is 12.3. The average Bonchev–Trinajstić information content (AvgIpc) is 2.06. The molecule has 82 valence electrons. The number of nitrogens with zero attached hydrogens (tertiary/aromatic N) is 1. The molecule has 0 aliphatic carbocycles. The topological polar surface area (TPSA) is 69.2 Å². The molecule has 0 fully saturated rings. The van der Waals surface area contributed by atoms with Gasteiger partial charge in [-0.25, -0.2) is 0 Å². The fourth-order valence-electron chi connectivity index (χ4n) is 0.943. The molecule has 0 saturated carbocycles. The first-order valence-corrected chi connectivity index (χ1v) is 3.92. The summed E-state index contributed by atoms with van der Waals surface area (Å²) in [4.78, 5) is 9.31. The lowest BCUT2D eigenvalue weighted by Gasteiger charge is -2.09. The van der Waals surface area contributed by atoms with Gasteiger partial charge in [-0.2, -0.15) is 13.2 Å². The van der Waals surface area contributed by atoms with Gasteiger partial charge in [0.25, 0.3) is 5.69 Å². The minimum Gasteiger partial charge on any atom is -0.397 e. The molecule has 0 bridgehead atoms. The molecule has 0 radical (unpaired) electrons. The summed E-state index contributed by atoms with van der Waals surface area (Å²) in [5.74, 6) is 0. The van der Waals surface area contributed by atoms with Gasteiger partial charge in [0.15, 0.2) is 0 Å². The van der Waals surface area contributed by atoms with Crippen LogP contribution in [0.15, 0.2) is 12.1 Å². The molecule has 1 aromatic carbocycles. The predicted molar refractivity (Wildman–Crippen MR) is 47.5 cm³/mol. The standard InChI is InChI=1S/C7H4ClF3N2O2/c8-6-4(7(9,10)11)1-3(13(14)15)2-5(6)12/h1-2H,12H2. The van der Waals surface area contributed by atoms with Crippen molar-refractivity contribution >= 4 is 23.0 Å². The van der Waals surface area contributed by atoms with E-state index >= 15 is 0 Å². The molecule has 0 aromatic heterocycles. The predicted octanol–water partition coefficient (Wildman–Crippen LogP) is 2.85. The third-order valence-electron chi connectivity index (χ3n) is 1.60. The molecule has 8 heteroatoms. The van der Waals surface area contributed by atoms with Crippen molar-refractivity contribution in [3.8, 4) is 0 Å². The monoisotopic (exact) mass is 240 g/mol. The summed E-state index contributed by atoms with van der Waals surface area (Å²) in [5, 5.41) is 9.55. The smallest absolute Gasteiger partial charge is 0.397 e. The lowest BCUT2D eigenvalue weighted by atomic mass is 10.1. The molecular weight excluding hydrogens is 237 g/mol. The summed E-state index contributed by atoms with van der Waals surface area (Å²) in [5.41, 5.74) is 2.59. The van der Waals surface area contributed by atoms with Crippen LogP contribution in [0, 0.1) is 10.1 Å². The van der Waals surface area contributed by atoms with E-state index in [1.807, 2.05) is 0 Å². The molecule has 0 spiro atoms. The average molecular weight is 241 g/mol. The van der Waals surface area contributed by atoms with Crippen molar-refractivity contribution in [3.63, 3.8) is 0 Å². The summed E-state index contributed by atoms with van der Waals surface area (Å²) in [6.45, 7) is 0. The van der Waals surface area contributed by atoms with E-state index in [4.69, 9.17) is 17.3 Å². The van der Waals surface area contributed by atoms with Crippen molar-refractivity contribution in [2.75, 3.05) is 5.73 Å². The summed E-state index contributed by atoms with van der Waals surface area (Å²) in [6, 6.07) is 1.12. The summed E-state index contributed by atoms with van der Waals surface area (Å²) >= 11 is 5.29. The highest BCUT2D eigenvalue weighted by atomic mass is 35.5. The number of rotatable bonds is 1. The van der Waals surface area contributed by atoms with Gasteiger partial charge < -0.3 is 5.73 Å². The highest BCUT2D eigenvalue weighted by Gasteiger charge is 2.35. The van der Waals surface area contributed by atoms with Crippen molar-refractivity contribution in [1.29, 1.82) is 0 Å². The highest BCUT2D eigenvalue weighted by Crippen LogP contribution is 2.39. The first-order chi connectivity index (χ1) is 6.73. The van der Waals surface area contributed by atoms with E-state index in [0.717, 1.165) is 6.07 Å². The third-order valence-corrected chi connectivity index (χ3v) is 2.02. The van der Waals surface area contributed by atoms with E-state index in [2.05, 4.69) is 0 Å². The second-order valence-corrected chi connectivity index (χ2v) is 3.03. The Balaban J connectivity index is 3.45. The van der Waals surface area contributed by atoms with Gasteiger partial charge in [0, 0.05) is 12.1 Å². The second-order valence-electron chi connectivity index (χ2n) is 2.65. The van der Waals surface area contributed by atoms with Crippen LogP contribution in [-0.4, -0.2) is 4.92 Å². The fourth-order valence-corrected chi connectivity index (χ4v) is 1.16. The van der Waals surface area contributed by atoms with Gasteiger partial charge in [-0.15, -0.1) is 0 Å². The highest BCUT2D eigenvalue weighted by molar-refractivity contribution is 6.34. The van der Waals surface area contributed by atoms with Crippen molar-refractivity contribution in [2.24, 2.45) is 0 Å². The number of nitrogens with two attached hydrogens (primary N) is 1. The Hall–Kier alpha value is -1.50. The summed E-state index contributed by atoms with van der Waals surface area (Å²) < 4.78 is 36.9. The zero-order chi connectivity index (χ0) is 11.8. The molecule has 0 aliphatic heterocycles. The molecule has 4 nitrogen and oxygen atoms in total. The number of non-ortho nitro benzene ring substituents is 1. The van der Waals surface area contributed by atoms with Crippen molar-refractivity contribution < 1.29 is 18.1 Å². The van der Waals surface area contributed by atoms with Crippen molar-refractivity contribution in [2.45, 2.75) is 6.18 Å². The van der Waals surface area contributed by atoms with Crippen molar-refractivity contribution in [3.05, 3.63) is 32.8 Å². The molecule has 0 unspecified atom stereocenters. The second kappa shape index (κ2) is 3.58. The minimum absolute atomic E-state index is 0.346. The van der Waals surface area contributed by atoms with Crippen LogP contribution in [0.2, 0.25) is 5.02 Å². The maximum absolute atomic E-state index is 12.3. The van der Waals surface area contributed by atoms with Gasteiger partial charge in [0.05, 0.1) is 21.2 Å². The molecule has 1 rings (SSSR count). The molecule has 15 heavy (non-hydrogen) atoms. The number of halogens is 4. The Morgan fingerprint density at radius 1 is 1.40 bits per heavy atom. The van der Waals surface area contributed by atoms with E-state index in [1.54, 1.807) is 0 Å². The number of alkyl halides is 3. The van der Waals surface area contributed by atoms with E-state index < -0.39 is 33.1 Å². The largest absolute Gasteiger partial charge is 0.418 e. The van der Waals surface area contributed by atoms with Crippen LogP contribution in [0.1, 0.15) is 5.56 Å². The lowest BCUT2D eigenvalue weighted by Crippen LogP contribution is -2.08. The van der Waals surface area contributed by atoms with Crippen LogP contribution in [0.25, 0.3) is 0 Å². The molecule has 0 saturated heterocycles. The summed E-state index contributed by atoms with van der Waals surface area (Å²) in [6.07, 6.45) is -4.77. The van der Waals surface area contributed by atoms with Crippen LogP contribution >= 0.6 is 11.6 Å². The molecule has 1 aromatic rings. The molecule has 0 atom stereocenters. The number of nitrogen functional groups attached to an aromatic ring is 1. The quantitative estimate of drug-likeness (QED) is 0.466. The van der Waals surface area contributed by atoms with E-state index in [1.165, 1.54) is 0 Å². The molecule has 0 amide bonds.